The number of nitrogens with zero attached hydrogens (tertiary/aromatic N) is 3. The van der Waals surface area contributed by atoms with E-state index in [4.69, 9.17) is 4.42 Å². The molecular weight excluding hydrogens is 370 g/mol. The summed E-state index contributed by atoms with van der Waals surface area (Å²) in [7, 11) is 0. The molecule has 0 saturated carbocycles. The van der Waals surface area contributed by atoms with Gasteiger partial charge in [0.15, 0.2) is 5.76 Å². The highest BCUT2D eigenvalue weighted by atomic mass is 16.3. The topological polar surface area (TPSA) is 106 Å². The fraction of sp³-hybridized carbons (Fsp3) is 0.143. The number of hydrogen-bond donors (Lipinski definition) is 2. The molecule has 0 aliphatic heterocycles. The lowest BCUT2D eigenvalue weighted by Gasteiger charge is -2.09. The first-order valence-electron chi connectivity index (χ1n) is 9.25. The highest BCUT2D eigenvalue weighted by molar-refractivity contribution is 6.04. The maximum absolute atomic E-state index is 12.7. The van der Waals surface area contributed by atoms with Crippen LogP contribution < -0.4 is 10.9 Å². The zero-order valence-electron chi connectivity index (χ0n) is 15.8. The van der Waals surface area contributed by atoms with Crippen molar-refractivity contribution < 1.29 is 9.21 Å². The van der Waals surface area contributed by atoms with Gasteiger partial charge in [-0.25, -0.2) is 4.98 Å². The van der Waals surface area contributed by atoms with Crippen LogP contribution in [-0.4, -0.2) is 25.7 Å². The molecule has 0 aliphatic rings. The van der Waals surface area contributed by atoms with Gasteiger partial charge in [-0.05, 0) is 30.7 Å². The number of aromatic nitrogens is 4. The molecule has 0 radical (unpaired) electrons. The van der Waals surface area contributed by atoms with Crippen LogP contribution in [0.15, 0.2) is 70.1 Å². The normalized spacial score (nSPS) is 10.8. The van der Waals surface area contributed by atoms with Crippen LogP contribution in [0.1, 0.15) is 29.4 Å². The van der Waals surface area contributed by atoms with Crippen LogP contribution in [0.4, 0.5) is 5.82 Å². The number of aromatic amines is 1. The van der Waals surface area contributed by atoms with Crippen LogP contribution in [0.2, 0.25) is 0 Å². The van der Waals surface area contributed by atoms with Gasteiger partial charge in [-0.2, -0.15) is 9.78 Å². The fourth-order valence-corrected chi connectivity index (χ4v) is 2.93. The zero-order chi connectivity index (χ0) is 20.2. The summed E-state index contributed by atoms with van der Waals surface area (Å²) in [6, 6.07) is 15.5. The second-order valence-electron chi connectivity index (χ2n) is 6.43. The van der Waals surface area contributed by atoms with Gasteiger partial charge in [0, 0.05) is 23.4 Å². The van der Waals surface area contributed by atoms with Crippen LogP contribution in [-0.2, 0) is 6.42 Å². The number of amides is 1. The van der Waals surface area contributed by atoms with E-state index in [1.165, 1.54) is 10.7 Å². The summed E-state index contributed by atoms with van der Waals surface area (Å²) in [4.78, 5) is 31.9. The molecule has 0 saturated heterocycles. The largest absolute Gasteiger partial charge is 0.463 e. The molecule has 0 bridgehead atoms. The van der Waals surface area contributed by atoms with Gasteiger partial charge in [0.1, 0.15) is 11.5 Å². The number of anilines is 1. The van der Waals surface area contributed by atoms with Gasteiger partial charge in [-0.15, -0.1) is 0 Å². The molecule has 3 aromatic heterocycles. The first-order chi connectivity index (χ1) is 14.1. The first-order valence-corrected chi connectivity index (χ1v) is 9.25. The van der Waals surface area contributed by atoms with Gasteiger partial charge >= 0.3 is 0 Å². The predicted molar refractivity (Wildman–Crippen MR) is 108 cm³/mol. The van der Waals surface area contributed by atoms with Crippen molar-refractivity contribution in [3.8, 4) is 17.4 Å². The number of carbonyl (C=O) groups excluding carboxylic acids is 1. The Morgan fingerprint density at radius 1 is 1.17 bits per heavy atom. The lowest BCUT2D eigenvalue weighted by molar-refractivity contribution is 0.102. The fourth-order valence-electron chi connectivity index (χ4n) is 2.93. The van der Waals surface area contributed by atoms with Crippen LogP contribution in [0.5, 0.6) is 0 Å². The molecule has 3 heterocycles. The zero-order valence-corrected chi connectivity index (χ0v) is 15.8. The number of nitrogens with one attached hydrogen (secondary N) is 2. The standard InChI is InChI=1S/C21H19N5O3/c1-2-7-15-12-19(27)24-21(22-15)26-18(13-16(25-26)17-10-6-11-29-17)23-20(28)14-8-4-3-5-9-14/h3-6,8-13H,2,7H2,1H3,(H,23,28)(H,22,24,27). The lowest BCUT2D eigenvalue weighted by atomic mass is 10.2. The van der Waals surface area contributed by atoms with E-state index in [1.54, 1.807) is 48.7 Å². The second kappa shape index (κ2) is 7.97. The highest BCUT2D eigenvalue weighted by Gasteiger charge is 2.17. The van der Waals surface area contributed by atoms with E-state index in [-0.39, 0.29) is 17.4 Å². The minimum absolute atomic E-state index is 0.224. The van der Waals surface area contributed by atoms with Crippen LogP contribution >= 0.6 is 0 Å². The van der Waals surface area contributed by atoms with E-state index in [2.05, 4.69) is 20.4 Å². The Labute approximate surface area is 166 Å². The van der Waals surface area contributed by atoms with E-state index in [9.17, 15) is 9.59 Å². The minimum atomic E-state index is -0.301. The van der Waals surface area contributed by atoms with Crippen molar-refractivity contribution in [3.63, 3.8) is 0 Å². The van der Waals surface area contributed by atoms with Gasteiger partial charge in [0.05, 0.1) is 6.26 Å². The van der Waals surface area contributed by atoms with Crippen molar-refractivity contribution in [1.82, 2.24) is 19.7 Å². The molecule has 8 heteroatoms. The number of aryl methyl sites for hydroxylation is 1. The number of furan rings is 1. The average molecular weight is 389 g/mol. The van der Waals surface area contributed by atoms with Gasteiger partial charge in [-0.3, -0.25) is 14.6 Å². The summed E-state index contributed by atoms with van der Waals surface area (Å²) in [5, 5.41) is 7.32. The van der Waals surface area contributed by atoms with E-state index in [1.807, 2.05) is 13.0 Å². The second-order valence-corrected chi connectivity index (χ2v) is 6.43. The molecule has 29 heavy (non-hydrogen) atoms. The Hall–Kier alpha value is -3.94. The Bertz CT molecular complexity index is 1180. The molecular formula is C21H19N5O3. The van der Waals surface area contributed by atoms with Gasteiger partial charge in [0.25, 0.3) is 11.5 Å². The molecule has 4 aromatic rings. The smallest absolute Gasteiger partial charge is 0.256 e. The minimum Gasteiger partial charge on any atom is -0.463 e. The van der Waals surface area contributed by atoms with Crippen molar-refractivity contribution in [1.29, 1.82) is 0 Å². The molecule has 2 N–H and O–H groups in total. The SMILES string of the molecule is CCCc1cc(=O)[nH]c(-n2nc(-c3ccco3)cc2NC(=O)c2ccccc2)n1. The van der Waals surface area contributed by atoms with E-state index in [0.29, 0.717) is 35.0 Å². The van der Waals surface area contributed by atoms with Gasteiger partial charge in [-0.1, -0.05) is 31.5 Å². The number of carbonyl (C=O) groups is 1. The molecule has 0 spiro atoms. The maximum Gasteiger partial charge on any atom is 0.256 e. The molecule has 1 aromatic carbocycles. The number of benzene rings is 1. The molecule has 0 fully saturated rings. The van der Waals surface area contributed by atoms with E-state index >= 15 is 0 Å². The molecule has 146 valence electrons. The van der Waals surface area contributed by atoms with Crippen molar-refractivity contribution in [2.24, 2.45) is 0 Å². The summed E-state index contributed by atoms with van der Waals surface area (Å²) < 4.78 is 6.82. The summed E-state index contributed by atoms with van der Waals surface area (Å²) in [6.07, 6.45) is 3.05. The monoisotopic (exact) mass is 389 g/mol. The van der Waals surface area contributed by atoms with Crippen LogP contribution in [0.25, 0.3) is 17.4 Å². The molecule has 8 nitrogen and oxygen atoms in total. The predicted octanol–water partition coefficient (Wildman–Crippen LogP) is 3.42. The van der Waals surface area contributed by atoms with Gasteiger partial charge < -0.3 is 9.73 Å². The van der Waals surface area contributed by atoms with Crippen LogP contribution in [0.3, 0.4) is 0 Å². The van der Waals surface area contributed by atoms with Crippen LogP contribution in [0, 0.1) is 0 Å². The quantitative estimate of drug-likeness (QED) is 0.526. The molecule has 0 aliphatic carbocycles. The molecule has 0 unspecified atom stereocenters. The number of hydrogen-bond acceptors (Lipinski definition) is 5. The summed E-state index contributed by atoms with van der Waals surface area (Å²) >= 11 is 0. The Kier molecular flexibility index (Phi) is 5.07. The van der Waals surface area contributed by atoms with Gasteiger partial charge in [0.2, 0.25) is 5.95 Å². The number of rotatable bonds is 6. The van der Waals surface area contributed by atoms with Crippen molar-refractivity contribution in [2.45, 2.75) is 19.8 Å². The Balaban J connectivity index is 1.78. The number of H-pyrrole nitrogens is 1. The van der Waals surface area contributed by atoms with Crippen molar-refractivity contribution in [3.05, 3.63) is 82.5 Å². The molecule has 0 atom stereocenters. The maximum atomic E-state index is 12.7. The van der Waals surface area contributed by atoms with Crippen molar-refractivity contribution in [2.75, 3.05) is 5.32 Å². The third-order valence-corrected chi connectivity index (χ3v) is 4.25. The summed E-state index contributed by atoms with van der Waals surface area (Å²) in [5.41, 5.74) is 1.37. The van der Waals surface area contributed by atoms with E-state index < -0.39 is 0 Å². The molecule has 1 amide bonds. The molecule has 4 rings (SSSR count). The average Bonchev–Trinajstić information content (AvgIpc) is 3.38. The first kappa shape index (κ1) is 18.4. The summed E-state index contributed by atoms with van der Waals surface area (Å²) in [5.74, 6) is 0.819. The highest BCUT2D eigenvalue weighted by Crippen LogP contribution is 2.24. The Morgan fingerprint density at radius 3 is 2.72 bits per heavy atom. The van der Waals surface area contributed by atoms with E-state index in [0.717, 1.165) is 6.42 Å². The lowest BCUT2D eigenvalue weighted by Crippen LogP contribution is -2.19. The Morgan fingerprint density at radius 2 is 2.00 bits per heavy atom. The third-order valence-electron chi connectivity index (χ3n) is 4.25. The third kappa shape index (κ3) is 4.01. The summed E-state index contributed by atoms with van der Waals surface area (Å²) in [6.45, 7) is 2.01. The van der Waals surface area contributed by atoms with Crippen molar-refractivity contribution >= 4 is 11.7 Å².